The number of unbranched alkanes of at least 4 members (excludes halogenated alkanes) is 2. The normalized spacial score (nSPS) is 10.7. The van der Waals surface area contributed by atoms with Crippen LogP contribution in [0.1, 0.15) is 31.4 Å². The Hall–Kier alpha value is -0.330. The third kappa shape index (κ3) is 7.45. The van der Waals surface area contributed by atoms with Crippen molar-refractivity contribution < 1.29 is 13.9 Å². The van der Waals surface area contributed by atoms with E-state index in [0.717, 1.165) is 36.3 Å². The molecule has 114 valence electrons. The zero-order valence-corrected chi connectivity index (χ0v) is 14.6. The molecular formula is C14H20Br2O4. The minimum atomic E-state index is -0.158. The summed E-state index contributed by atoms with van der Waals surface area (Å²) in [6, 6.07) is 1.43. The predicted molar refractivity (Wildman–Crippen MR) is 86.2 cm³/mol. The first kappa shape index (κ1) is 17.7. The van der Waals surface area contributed by atoms with Crippen molar-refractivity contribution >= 4 is 31.9 Å². The van der Waals surface area contributed by atoms with E-state index < -0.39 is 0 Å². The van der Waals surface area contributed by atoms with Gasteiger partial charge in [0.25, 0.3) is 0 Å². The van der Waals surface area contributed by atoms with E-state index in [1.54, 1.807) is 0 Å². The minimum absolute atomic E-state index is 0.158. The van der Waals surface area contributed by atoms with Gasteiger partial charge in [-0.25, -0.2) is 0 Å². The molecular weight excluding hydrogens is 392 g/mol. The van der Waals surface area contributed by atoms with Crippen molar-refractivity contribution in [2.45, 2.75) is 32.3 Å². The maximum Gasteiger partial charge on any atom is 0.227 e. The van der Waals surface area contributed by atoms with Gasteiger partial charge in [-0.05, 0) is 25.7 Å². The second-order valence-electron chi connectivity index (χ2n) is 4.27. The molecule has 6 heteroatoms. The standard InChI is InChI=1S/C14H20Br2O4/c15-5-1-3-7-18-10-12-9-13(17)14(11-20-12)19-8-4-2-6-16/h9,11H,1-8,10H2. The number of ether oxygens (including phenoxy) is 2. The maximum absolute atomic E-state index is 11.8. The molecule has 1 aromatic rings. The molecule has 1 rings (SSSR count). The number of halogens is 2. The molecule has 0 aliphatic heterocycles. The first-order valence-corrected chi connectivity index (χ1v) is 8.96. The van der Waals surface area contributed by atoms with Crippen molar-refractivity contribution in [3.8, 4) is 5.75 Å². The van der Waals surface area contributed by atoms with Gasteiger partial charge in [0.15, 0.2) is 0 Å². The Morgan fingerprint density at radius 1 is 1.05 bits per heavy atom. The monoisotopic (exact) mass is 410 g/mol. The first-order valence-electron chi connectivity index (χ1n) is 6.72. The van der Waals surface area contributed by atoms with Crippen LogP contribution in [-0.2, 0) is 11.3 Å². The highest BCUT2D eigenvalue weighted by atomic mass is 79.9. The molecule has 0 fully saturated rings. The third-order valence-corrected chi connectivity index (χ3v) is 3.68. The molecule has 0 spiro atoms. The summed E-state index contributed by atoms with van der Waals surface area (Å²) in [5.74, 6) is 0.796. The first-order chi connectivity index (χ1) is 9.77. The van der Waals surface area contributed by atoms with E-state index >= 15 is 0 Å². The number of alkyl halides is 2. The summed E-state index contributed by atoms with van der Waals surface area (Å²) in [6.07, 6.45) is 5.36. The van der Waals surface area contributed by atoms with E-state index in [2.05, 4.69) is 31.9 Å². The molecule has 0 unspecified atom stereocenters. The minimum Gasteiger partial charge on any atom is -0.487 e. The van der Waals surface area contributed by atoms with Crippen LogP contribution in [0.15, 0.2) is 21.5 Å². The molecule has 0 aliphatic rings. The lowest BCUT2D eigenvalue weighted by molar-refractivity contribution is 0.102. The summed E-state index contributed by atoms with van der Waals surface area (Å²) in [6.45, 7) is 1.51. The van der Waals surface area contributed by atoms with Gasteiger partial charge >= 0.3 is 0 Å². The van der Waals surface area contributed by atoms with Gasteiger partial charge < -0.3 is 13.9 Å². The zero-order valence-electron chi connectivity index (χ0n) is 11.4. The van der Waals surface area contributed by atoms with Crippen molar-refractivity contribution in [1.29, 1.82) is 0 Å². The third-order valence-electron chi connectivity index (χ3n) is 2.55. The Kier molecular flexibility index (Phi) is 10.1. The van der Waals surface area contributed by atoms with E-state index in [4.69, 9.17) is 13.9 Å². The Balaban J connectivity index is 2.33. The summed E-state index contributed by atoms with van der Waals surface area (Å²) in [7, 11) is 0. The van der Waals surface area contributed by atoms with E-state index in [1.807, 2.05) is 0 Å². The van der Waals surface area contributed by atoms with Crippen molar-refractivity contribution in [2.75, 3.05) is 23.9 Å². The quantitative estimate of drug-likeness (QED) is 0.409. The van der Waals surface area contributed by atoms with Gasteiger partial charge in [0.05, 0.1) is 6.61 Å². The van der Waals surface area contributed by atoms with Crippen LogP contribution in [0.2, 0.25) is 0 Å². The number of rotatable bonds is 11. The van der Waals surface area contributed by atoms with Crippen LogP contribution in [-0.4, -0.2) is 23.9 Å². The van der Waals surface area contributed by atoms with Crippen LogP contribution in [0.3, 0.4) is 0 Å². The van der Waals surface area contributed by atoms with Gasteiger partial charge in [-0.1, -0.05) is 31.9 Å². The summed E-state index contributed by atoms with van der Waals surface area (Å²) >= 11 is 6.71. The number of hydrogen-bond donors (Lipinski definition) is 0. The van der Waals surface area contributed by atoms with Gasteiger partial charge in [-0.3, -0.25) is 4.79 Å². The van der Waals surface area contributed by atoms with Crippen molar-refractivity contribution in [2.24, 2.45) is 0 Å². The second-order valence-corrected chi connectivity index (χ2v) is 5.85. The van der Waals surface area contributed by atoms with Gasteiger partial charge in [0, 0.05) is 23.3 Å². The highest BCUT2D eigenvalue weighted by molar-refractivity contribution is 9.09. The highest BCUT2D eigenvalue weighted by Crippen LogP contribution is 2.08. The highest BCUT2D eigenvalue weighted by Gasteiger charge is 2.04. The molecule has 0 bridgehead atoms. The fourth-order valence-electron chi connectivity index (χ4n) is 1.47. The van der Waals surface area contributed by atoms with Crippen LogP contribution in [0.5, 0.6) is 5.75 Å². The van der Waals surface area contributed by atoms with Crippen LogP contribution in [0.25, 0.3) is 0 Å². The summed E-state index contributed by atoms with van der Waals surface area (Å²) in [5.41, 5.74) is -0.158. The number of hydrogen-bond acceptors (Lipinski definition) is 4. The molecule has 0 saturated carbocycles. The SMILES string of the molecule is O=c1cc(COCCCCBr)occ1OCCCCBr. The van der Waals surface area contributed by atoms with Crippen LogP contribution in [0, 0.1) is 0 Å². The van der Waals surface area contributed by atoms with Crippen LogP contribution in [0.4, 0.5) is 0 Å². The van der Waals surface area contributed by atoms with Crippen molar-refractivity contribution in [3.63, 3.8) is 0 Å². The predicted octanol–water partition coefficient (Wildman–Crippen LogP) is 3.89. The van der Waals surface area contributed by atoms with E-state index in [9.17, 15) is 4.79 Å². The van der Waals surface area contributed by atoms with Gasteiger partial charge in [0.1, 0.15) is 18.6 Å². The molecule has 4 nitrogen and oxygen atoms in total. The molecule has 0 amide bonds. The molecule has 1 aromatic heterocycles. The Morgan fingerprint density at radius 2 is 1.75 bits per heavy atom. The second kappa shape index (κ2) is 11.3. The molecule has 0 N–H and O–H groups in total. The van der Waals surface area contributed by atoms with Gasteiger partial charge in [0.2, 0.25) is 11.2 Å². The van der Waals surface area contributed by atoms with Crippen molar-refractivity contribution in [3.05, 3.63) is 28.3 Å². The van der Waals surface area contributed by atoms with E-state index in [0.29, 0.717) is 25.6 Å². The molecule has 0 aliphatic carbocycles. The molecule has 1 heterocycles. The molecule has 0 saturated heterocycles. The topological polar surface area (TPSA) is 48.7 Å². The molecule has 0 radical (unpaired) electrons. The van der Waals surface area contributed by atoms with E-state index in [1.165, 1.54) is 12.3 Å². The smallest absolute Gasteiger partial charge is 0.227 e. The Bertz CT molecular complexity index is 420. The molecule has 0 atom stereocenters. The van der Waals surface area contributed by atoms with Crippen LogP contribution >= 0.6 is 31.9 Å². The lowest BCUT2D eigenvalue weighted by Crippen LogP contribution is -2.09. The van der Waals surface area contributed by atoms with Gasteiger partial charge in [-0.2, -0.15) is 0 Å². The van der Waals surface area contributed by atoms with E-state index in [-0.39, 0.29) is 11.2 Å². The summed E-state index contributed by atoms with van der Waals surface area (Å²) in [4.78, 5) is 11.8. The molecule has 0 aromatic carbocycles. The maximum atomic E-state index is 11.8. The lowest BCUT2D eigenvalue weighted by Gasteiger charge is -2.06. The molecule has 20 heavy (non-hydrogen) atoms. The average molecular weight is 412 g/mol. The Labute approximate surface area is 136 Å². The Morgan fingerprint density at radius 3 is 2.40 bits per heavy atom. The fourth-order valence-corrected chi connectivity index (χ4v) is 2.26. The lowest BCUT2D eigenvalue weighted by atomic mass is 10.3. The zero-order chi connectivity index (χ0) is 14.6. The average Bonchev–Trinajstić information content (AvgIpc) is 2.45. The summed E-state index contributed by atoms with van der Waals surface area (Å²) in [5, 5.41) is 1.92. The fraction of sp³-hybridized carbons (Fsp3) is 0.643. The van der Waals surface area contributed by atoms with Crippen LogP contribution < -0.4 is 10.2 Å². The van der Waals surface area contributed by atoms with Gasteiger partial charge in [-0.15, -0.1) is 0 Å². The summed E-state index contributed by atoms with van der Waals surface area (Å²) < 4.78 is 16.1. The van der Waals surface area contributed by atoms with Crippen molar-refractivity contribution in [1.82, 2.24) is 0 Å². The largest absolute Gasteiger partial charge is 0.487 e.